The Bertz CT molecular complexity index is 759. The highest BCUT2D eigenvalue weighted by Crippen LogP contribution is 2.32. The van der Waals surface area contributed by atoms with E-state index < -0.39 is 23.8 Å². The Hall–Kier alpha value is -2.69. The maximum atomic E-state index is 12.7. The summed E-state index contributed by atoms with van der Waals surface area (Å²) in [7, 11) is 0. The highest BCUT2D eigenvalue weighted by molar-refractivity contribution is 6.26. The number of benzene rings is 2. The monoisotopic (exact) mass is 297 g/mol. The summed E-state index contributed by atoms with van der Waals surface area (Å²) in [4.78, 5) is 37.8. The molecular formula is C17H15NO4. The Morgan fingerprint density at radius 3 is 1.91 bits per heavy atom. The Kier molecular flexibility index (Phi) is 3.20. The van der Waals surface area contributed by atoms with Gasteiger partial charge in [0.05, 0.1) is 0 Å². The van der Waals surface area contributed by atoms with E-state index in [1.54, 1.807) is 38.1 Å². The van der Waals surface area contributed by atoms with Crippen LogP contribution in [0.5, 0.6) is 0 Å². The first kappa shape index (κ1) is 14.3. The summed E-state index contributed by atoms with van der Waals surface area (Å²) in [6.07, 6.45) is 0. The summed E-state index contributed by atoms with van der Waals surface area (Å²) in [5.41, 5.74) is 0.749. The van der Waals surface area contributed by atoms with Crippen molar-refractivity contribution in [3.63, 3.8) is 0 Å². The maximum Gasteiger partial charge on any atom is 0.327 e. The molecule has 22 heavy (non-hydrogen) atoms. The van der Waals surface area contributed by atoms with Gasteiger partial charge >= 0.3 is 5.97 Å². The van der Waals surface area contributed by atoms with Crippen LogP contribution >= 0.6 is 0 Å². The van der Waals surface area contributed by atoms with Crippen LogP contribution in [-0.2, 0) is 4.79 Å². The van der Waals surface area contributed by atoms with Crippen molar-refractivity contribution < 1.29 is 19.5 Å². The topological polar surface area (TPSA) is 74.7 Å². The summed E-state index contributed by atoms with van der Waals surface area (Å²) >= 11 is 0. The molecule has 0 spiro atoms. The van der Waals surface area contributed by atoms with Gasteiger partial charge in [-0.05, 0) is 23.4 Å². The zero-order chi connectivity index (χ0) is 16.0. The molecule has 1 aliphatic rings. The molecule has 1 aliphatic heterocycles. The zero-order valence-electron chi connectivity index (χ0n) is 12.2. The quantitative estimate of drug-likeness (QED) is 0.883. The molecule has 1 atom stereocenters. The van der Waals surface area contributed by atoms with E-state index in [4.69, 9.17) is 0 Å². The normalized spacial score (nSPS) is 15.5. The Morgan fingerprint density at radius 1 is 1.00 bits per heavy atom. The molecule has 1 heterocycles. The number of carboxylic acids is 1. The van der Waals surface area contributed by atoms with Gasteiger partial charge in [0.25, 0.3) is 11.8 Å². The van der Waals surface area contributed by atoms with Gasteiger partial charge < -0.3 is 5.11 Å². The fourth-order valence-corrected chi connectivity index (χ4v) is 3.00. The van der Waals surface area contributed by atoms with Crippen LogP contribution in [0.25, 0.3) is 10.8 Å². The SMILES string of the molecule is CC(C)[C@@H](C(=O)O)N1C(=O)c2cccc3cccc(c23)C1=O. The summed E-state index contributed by atoms with van der Waals surface area (Å²) in [5, 5.41) is 10.8. The van der Waals surface area contributed by atoms with E-state index in [2.05, 4.69) is 0 Å². The fourth-order valence-electron chi connectivity index (χ4n) is 3.00. The number of amides is 2. The van der Waals surface area contributed by atoms with Crippen molar-refractivity contribution in [1.29, 1.82) is 0 Å². The molecule has 3 rings (SSSR count). The van der Waals surface area contributed by atoms with Gasteiger partial charge in [0, 0.05) is 16.5 Å². The van der Waals surface area contributed by atoms with E-state index >= 15 is 0 Å². The lowest BCUT2D eigenvalue weighted by Crippen LogP contribution is -2.52. The van der Waals surface area contributed by atoms with Crippen molar-refractivity contribution in [3.8, 4) is 0 Å². The van der Waals surface area contributed by atoms with Crippen molar-refractivity contribution in [1.82, 2.24) is 4.90 Å². The van der Waals surface area contributed by atoms with Gasteiger partial charge in [-0.15, -0.1) is 0 Å². The summed E-state index contributed by atoms with van der Waals surface area (Å²) in [6, 6.07) is 9.21. The largest absolute Gasteiger partial charge is 0.480 e. The van der Waals surface area contributed by atoms with Crippen molar-refractivity contribution in [2.75, 3.05) is 0 Å². The molecule has 5 heteroatoms. The minimum absolute atomic E-state index is 0.375. The number of carboxylic acid groups (broad SMARTS) is 1. The molecule has 0 saturated heterocycles. The molecule has 0 unspecified atom stereocenters. The van der Waals surface area contributed by atoms with Crippen LogP contribution in [0.3, 0.4) is 0 Å². The Morgan fingerprint density at radius 2 is 1.50 bits per heavy atom. The Balaban J connectivity index is 2.26. The highest BCUT2D eigenvalue weighted by atomic mass is 16.4. The molecule has 2 aromatic carbocycles. The van der Waals surface area contributed by atoms with Crippen LogP contribution in [-0.4, -0.2) is 33.8 Å². The predicted octanol–water partition coefficient (Wildman–Crippen LogP) is 2.55. The number of carbonyl (C=O) groups is 3. The predicted molar refractivity (Wildman–Crippen MR) is 80.7 cm³/mol. The second-order valence-corrected chi connectivity index (χ2v) is 5.72. The van der Waals surface area contributed by atoms with E-state index in [-0.39, 0.29) is 5.92 Å². The van der Waals surface area contributed by atoms with Crippen LogP contribution in [0.15, 0.2) is 36.4 Å². The van der Waals surface area contributed by atoms with Crippen molar-refractivity contribution in [2.45, 2.75) is 19.9 Å². The molecule has 0 radical (unpaired) electrons. The first-order valence-corrected chi connectivity index (χ1v) is 7.06. The van der Waals surface area contributed by atoms with Crippen LogP contribution < -0.4 is 0 Å². The van der Waals surface area contributed by atoms with Crippen LogP contribution in [0.1, 0.15) is 34.6 Å². The van der Waals surface area contributed by atoms with Crippen LogP contribution in [0, 0.1) is 5.92 Å². The van der Waals surface area contributed by atoms with Crippen molar-refractivity contribution in [2.24, 2.45) is 5.92 Å². The molecule has 1 N–H and O–H groups in total. The third kappa shape index (κ3) is 1.89. The molecule has 2 amide bonds. The van der Waals surface area contributed by atoms with E-state index in [0.29, 0.717) is 16.5 Å². The number of rotatable bonds is 3. The second kappa shape index (κ2) is 4.94. The van der Waals surface area contributed by atoms with E-state index in [1.807, 2.05) is 12.1 Å². The third-order valence-corrected chi connectivity index (χ3v) is 3.97. The Labute approximate surface area is 127 Å². The van der Waals surface area contributed by atoms with Crippen LogP contribution in [0.4, 0.5) is 0 Å². The van der Waals surface area contributed by atoms with Crippen molar-refractivity contribution in [3.05, 3.63) is 47.5 Å². The molecule has 2 aromatic rings. The van der Waals surface area contributed by atoms with E-state index in [9.17, 15) is 19.5 Å². The smallest absolute Gasteiger partial charge is 0.327 e. The van der Waals surface area contributed by atoms with Crippen LogP contribution in [0.2, 0.25) is 0 Å². The van der Waals surface area contributed by atoms with Crippen molar-refractivity contribution >= 4 is 28.6 Å². The molecule has 0 fully saturated rings. The number of hydrogen-bond acceptors (Lipinski definition) is 3. The summed E-state index contributed by atoms with van der Waals surface area (Å²) in [5.74, 6) is -2.65. The third-order valence-electron chi connectivity index (χ3n) is 3.97. The van der Waals surface area contributed by atoms with Gasteiger partial charge in [-0.3, -0.25) is 14.5 Å². The first-order valence-electron chi connectivity index (χ1n) is 7.06. The van der Waals surface area contributed by atoms with Gasteiger partial charge in [0.2, 0.25) is 0 Å². The molecule has 0 bridgehead atoms. The molecule has 0 aromatic heterocycles. The molecule has 5 nitrogen and oxygen atoms in total. The zero-order valence-corrected chi connectivity index (χ0v) is 12.2. The highest BCUT2D eigenvalue weighted by Gasteiger charge is 2.41. The molecule has 112 valence electrons. The lowest BCUT2D eigenvalue weighted by atomic mass is 9.91. The molecular weight excluding hydrogens is 282 g/mol. The lowest BCUT2D eigenvalue weighted by Gasteiger charge is -2.33. The van der Waals surface area contributed by atoms with E-state index in [0.717, 1.165) is 10.3 Å². The summed E-state index contributed by atoms with van der Waals surface area (Å²) < 4.78 is 0. The van der Waals surface area contributed by atoms with Gasteiger partial charge in [-0.1, -0.05) is 38.1 Å². The second-order valence-electron chi connectivity index (χ2n) is 5.72. The molecule has 0 saturated carbocycles. The van der Waals surface area contributed by atoms with Gasteiger partial charge in [0.15, 0.2) is 0 Å². The number of imide groups is 1. The number of aliphatic carboxylic acids is 1. The lowest BCUT2D eigenvalue weighted by molar-refractivity contribution is -0.143. The average molecular weight is 297 g/mol. The minimum atomic E-state index is -1.18. The minimum Gasteiger partial charge on any atom is -0.480 e. The number of carbonyl (C=O) groups excluding carboxylic acids is 2. The number of nitrogens with zero attached hydrogens (tertiary/aromatic N) is 1. The first-order chi connectivity index (χ1) is 10.4. The number of hydrogen-bond donors (Lipinski definition) is 1. The van der Waals surface area contributed by atoms with Gasteiger partial charge in [-0.25, -0.2) is 4.79 Å². The van der Waals surface area contributed by atoms with Gasteiger partial charge in [-0.2, -0.15) is 0 Å². The van der Waals surface area contributed by atoms with E-state index in [1.165, 1.54) is 0 Å². The van der Waals surface area contributed by atoms with Gasteiger partial charge in [0.1, 0.15) is 6.04 Å². The fraction of sp³-hybridized carbons (Fsp3) is 0.235. The molecule has 0 aliphatic carbocycles. The summed E-state index contributed by atoms with van der Waals surface area (Å²) in [6.45, 7) is 3.36. The maximum absolute atomic E-state index is 12.7. The average Bonchev–Trinajstić information content (AvgIpc) is 2.48. The standard InChI is InChI=1S/C17H15NO4/c1-9(2)14(17(21)22)18-15(19)11-7-3-5-10-6-4-8-12(13(10)11)16(18)20/h3-9,14H,1-2H3,(H,21,22)/t14-/m0/s1.